The zero-order chi connectivity index (χ0) is 15.6. The van der Waals surface area contributed by atoms with Crippen molar-refractivity contribution in [3.8, 4) is 5.75 Å². The molecule has 21 heavy (non-hydrogen) atoms. The fraction of sp³-hybridized carbons (Fsp3) is 0.647. The number of methoxy groups -OCH3 is 1. The maximum Gasteiger partial charge on any atom is 0.123 e. The van der Waals surface area contributed by atoms with Gasteiger partial charge in [0, 0.05) is 36.8 Å². The summed E-state index contributed by atoms with van der Waals surface area (Å²) in [6.45, 7) is 9.77. The van der Waals surface area contributed by atoms with Gasteiger partial charge in [-0.1, -0.05) is 18.2 Å². The highest BCUT2D eigenvalue weighted by molar-refractivity contribution is 5.37. The summed E-state index contributed by atoms with van der Waals surface area (Å²) in [4.78, 5) is 4.92. The highest BCUT2D eigenvalue weighted by Gasteiger charge is 2.36. The number of nitrogens with zero attached hydrogens (tertiary/aromatic N) is 2. The van der Waals surface area contributed by atoms with E-state index in [0.29, 0.717) is 0 Å². The number of ether oxygens (including phenoxy) is 1. The number of piperazine rings is 1. The number of hydrogen-bond acceptors (Lipinski definition) is 4. The molecule has 4 heteroatoms. The van der Waals surface area contributed by atoms with Crippen LogP contribution < -0.4 is 10.5 Å². The largest absolute Gasteiger partial charge is 0.496 e. The van der Waals surface area contributed by atoms with Gasteiger partial charge < -0.3 is 10.5 Å². The number of likely N-dealkylation sites (N-methyl/N-ethyl adjacent to an activating group) is 1. The summed E-state index contributed by atoms with van der Waals surface area (Å²) in [6.07, 6.45) is 0. The highest BCUT2D eigenvalue weighted by Crippen LogP contribution is 2.34. The molecule has 0 spiro atoms. The number of benzene rings is 1. The first-order valence-corrected chi connectivity index (χ1v) is 7.70. The Balaban J connectivity index is 2.32. The minimum absolute atomic E-state index is 0.0560. The third kappa shape index (κ3) is 3.39. The van der Waals surface area contributed by atoms with Crippen molar-refractivity contribution in [1.29, 1.82) is 0 Å². The number of hydrogen-bond donors (Lipinski definition) is 1. The van der Waals surface area contributed by atoms with E-state index in [-0.39, 0.29) is 17.6 Å². The first-order chi connectivity index (χ1) is 9.86. The van der Waals surface area contributed by atoms with E-state index in [4.69, 9.17) is 10.5 Å². The molecule has 0 amide bonds. The predicted octanol–water partition coefficient (Wildman–Crippen LogP) is 2.11. The van der Waals surface area contributed by atoms with E-state index < -0.39 is 0 Å². The van der Waals surface area contributed by atoms with Gasteiger partial charge in [-0.3, -0.25) is 9.80 Å². The van der Waals surface area contributed by atoms with Crippen LogP contribution >= 0.6 is 0 Å². The van der Waals surface area contributed by atoms with Crippen molar-refractivity contribution in [3.63, 3.8) is 0 Å². The number of rotatable bonds is 4. The lowest BCUT2D eigenvalue weighted by atomic mass is 9.93. The van der Waals surface area contributed by atoms with E-state index >= 15 is 0 Å². The van der Waals surface area contributed by atoms with Crippen molar-refractivity contribution in [1.82, 2.24) is 9.80 Å². The van der Waals surface area contributed by atoms with Crippen LogP contribution in [-0.4, -0.2) is 55.2 Å². The molecular formula is C17H29N3O. The lowest BCUT2D eigenvalue weighted by molar-refractivity contribution is 0.0107. The van der Waals surface area contributed by atoms with E-state index in [1.165, 1.54) is 5.56 Å². The standard InChI is InChI=1S/C17H29N3O/c1-13(18)16(14-8-6-7-9-15(14)21-5)20-11-10-19(4)17(2,3)12-20/h6-9,13,16H,10-12,18H2,1-5H3. The molecule has 2 unspecified atom stereocenters. The Labute approximate surface area is 128 Å². The van der Waals surface area contributed by atoms with Crippen LogP contribution in [0.5, 0.6) is 5.75 Å². The Morgan fingerprint density at radius 3 is 2.48 bits per heavy atom. The molecule has 0 aromatic heterocycles. The lowest BCUT2D eigenvalue weighted by Gasteiger charge is -2.49. The minimum Gasteiger partial charge on any atom is -0.496 e. The summed E-state index contributed by atoms with van der Waals surface area (Å²) in [5.74, 6) is 0.927. The summed E-state index contributed by atoms with van der Waals surface area (Å²) in [7, 11) is 3.92. The Bertz CT molecular complexity index is 473. The summed E-state index contributed by atoms with van der Waals surface area (Å²) in [6, 6.07) is 8.47. The van der Waals surface area contributed by atoms with E-state index in [2.05, 4.69) is 49.8 Å². The van der Waals surface area contributed by atoms with Gasteiger partial charge in [0.1, 0.15) is 5.75 Å². The molecular weight excluding hydrogens is 262 g/mol. The van der Waals surface area contributed by atoms with Crippen LogP contribution in [0.4, 0.5) is 0 Å². The lowest BCUT2D eigenvalue weighted by Crippen LogP contribution is -2.59. The van der Waals surface area contributed by atoms with E-state index in [1.807, 2.05) is 12.1 Å². The molecule has 1 aliphatic heterocycles. The maximum atomic E-state index is 6.34. The van der Waals surface area contributed by atoms with Gasteiger partial charge in [-0.25, -0.2) is 0 Å². The highest BCUT2D eigenvalue weighted by atomic mass is 16.5. The van der Waals surface area contributed by atoms with Crippen molar-refractivity contribution in [2.24, 2.45) is 5.73 Å². The average Bonchev–Trinajstić information content (AvgIpc) is 2.43. The van der Waals surface area contributed by atoms with Gasteiger partial charge >= 0.3 is 0 Å². The van der Waals surface area contributed by atoms with Gasteiger partial charge in [-0.05, 0) is 33.9 Å². The second-order valence-corrected chi connectivity index (χ2v) is 6.75. The molecule has 2 N–H and O–H groups in total. The van der Waals surface area contributed by atoms with Gasteiger partial charge in [0.25, 0.3) is 0 Å². The van der Waals surface area contributed by atoms with E-state index in [1.54, 1.807) is 7.11 Å². The van der Waals surface area contributed by atoms with Gasteiger partial charge in [0.05, 0.1) is 13.2 Å². The molecule has 0 saturated carbocycles. The summed E-state index contributed by atoms with van der Waals surface area (Å²) in [5, 5.41) is 0. The van der Waals surface area contributed by atoms with Crippen LogP contribution in [0, 0.1) is 0 Å². The van der Waals surface area contributed by atoms with Crippen molar-refractivity contribution in [2.45, 2.75) is 38.4 Å². The van der Waals surface area contributed by atoms with E-state index in [9.17, 15) is 0 Å². The second-order valence-electron chi connectivity index (χ2n) is 6.75. The van der Waals surface area contributed by atoms with Crippen LogP contribution in [0.3, 0.4) is 0 Å². The predicted molar refractivity (Wildman–Crippen MR) is 87.7 cm³/mol. The molecule has 0 radical (unpaired) electrons. The smallest absolute Gasteiger partial charge is 0.123 e. The van der Waals surface area contributed by atoms with Crippen LogP contribution in [-0.2, 0) is 0 Å². The van der Waals surface area contributed by atoms with E-state index in [0.717, 1.165) is 25.4 Å². The molecule has 1 saturated heterocycles. The number of para-hydroxylation sites is 1. The fourth-order valence-corrected chi connectivity index (χ4v) is 3.24. The van der Waals surface area contributed by atoms with Crippen LogP contribution in [0.25, 0.3) is 0 Å². The van der Waals surface area contributed by atoms with Gasteiger partial charge in [0.15, 0.2) is 0 Å². The molecule has 1 aliphatic rings. The van der Waals surface area contributed by atoms with Crippen LogP contribution in [0.15, 0.2) is 24.3 Å². The summed E-state index contributed by atoms with van der Waals surface area (Å²) >= 11 is 0. The molecule has 1 aromatic carbocycles. The van der Waals surface area contributed by atoms with Crippen molar-refractivity contribution < 1.29 is 4.74 Å². The first kappa shape index (κ1) is 16.3. The molecule has 1 heterocycles. The second kappa shape index (κ2) is 6.34. The Morgan fingerprint density at radius 2 is 1.90 bits per heavy atom. The van der Waals surface area contributed by atoms with Crippen LogP contribution in [0.1, 0.15) is 32.4 Å². The molecule has 0 bridgehead atoms. The average molecular weight is 291 g/mol. The normalized spacial score (nSPS) is 22.8. The molecule has 1 fully saturated rings. The third-order valence-electron chi connectivity index (χ3n) is 4.70. The molecule has 4 nitrogen and oxygen atoms in total. The molecule has 2 atom stereocenters. The van der Waals surface area contributed by atoms with Gasteiger partial charge in [-0.2, -0.15) is 0 Å². The Kier molecular flexibility index (Phi) is 4.91. The Hall–Kier alpha value is -1.10. The van der Waals surface area contributed by atoms with Crippen LogP contribution in [0.2, 0.25) is 0 Å². The number of nitrogens with two attached hydrogens (primary N) is 1. The molecule has 2 rings (SSSR count). The topological polar surface area (TPSA) is 41.7 Å². The molecule has 118 valence electrons. The maximum absolute atomic E-state index is 6.34. The SMILES string of the molecule is COc1ccccc1C(C(C)N)N1CCN(C)C(C)(C)C1. The third-order valence-corrected chi connectivity index (χ3v) is 4.70. The van der Waals surface area contributed by atoms with Gasteiger partial charge in [-0.15, -0.1) is 0 Å². The molecule has 1 aromatic rings. The van der Waals surface area contributed by atoms with Crippen molar-refractivity contribution in [3.05, 3.63) is 29.8 Å². The monoisotopic (exact) mass is 291 g/mol. The van der Waals surface area contributed by atoms with Gasteiger partial charge in [0.2, 0.25) is 0 Å². The zero-order valence-corrected chi connectivity index (χ0v) is 14.0. The van der Waals surface area contributed by atoms with Crippen molar-refractivity contribution in [2.75, 3.05) is 33.8 Å². The molecule has 0 aliphatic carbocycles. The van der Waals surface area contributed by atoms with Crippen molar-refractivity contribution >= 4 is 0 Å². The summed E-state index contributed by atoms with van der Waals surface area (Å²) in [5.41, 5.74) is 7.69. The fourth-order valence-electron chi connectivity index (χ4n) is 3.24. The Morgan fingerprint density at radius 1 is 1.24 bits per heavy atom. The zero-order valence-electron chi connectivity index (χ0n) is 14.0. The quantitative estimate of drug-likeness (QED) is 0.922. The minimum atomic E-state index is 0.0560. The summed E-state index contributed by atoms with van der Waals surface area (Å²) < 4.78 is 5.55. The first-order valence-electron chi connectivity index (χ1n) is 7.70.